The lowest BCUT2D eigenvalue weighted by Crippen LogP contribution is -1.99. The van der Waals surface area contributed by atoms with Crippen molar-refractivity contribution in [1.29, 1.82) is 0 Å². The van der Waals surface area contributed by atoms with E-state index in [1.807, 2.05) is 0 Å². The van der Waals surface area contributed by atoms with Crippen LogP contribution < -0.4 is 0 Å². The molecule has 0 radical (unpaired) electrons. The molecule has 0 amide bonds. The molecule has 0 unspecified atom stereocenters. The molecule has 0 aliphatic heterocycles. The summed E-state index contributed by atoms with van der Waals surface area (Å²) < 4.78 is 2.49. The molecular weight excluding hydrogens is 302 g/mol. The minimum absolute atomic E-state index is 0.977. The number of nitrogens with zero attached hydrogens (tertiary/aromatic N) is 1. The highest BCUT2D eigenvalue weighted by atomic mass is 15.0. The average molecular weight is 327 g/mol. The predicted octanol–water partition coefficient (Wildman–Crippen LogP) is 6.72. The van der Waals surface area contributed by atoms with Crippen molar-refractivity contribution in [3.05, 3.63) is 70.8 Å². The van der Waals surface area contributed by atoms with E-state index in [1.165, 1.54) is 55.2 Å². The third kappa shape index (κ3) is 2.22. The summed E-state index contributed by atoms with van der Waals surface area (Å²) in [5.41, 5.74) is 10.9. The van der Waals surface area contributed by atoms with E-state index in [9.17, 15) is 0 Å². The van der Waals surface area contributed by atoms with Gasteiger partial charge in [-0.1, -0.05) is 42.0 Å². The van der Waals surface area contributed by atoms with E-state index in [4.69, 9.17) is 0 Å². The summed E-state index contributed by atoms with van der Waals surface area (Å²) in [6.45, 7) is 12.2. The molecule has 0 aliphatic rings. The predicted molar refractivity (Wildman–Crippen MR) is 110 cm³/mol. The zero-order valence-corrected chi connectivity index (χ0v) is 15.8. The quantitative estimate of drug-likeness (QED) is 0.385. The largest absolute Gasteiger partial charge is 0.340 e. The van der Waals surface area contributed by atoms with Crippen LogP contribution in [-0.2, 0) is 6.54 Å². The van der Waals surface area contributed by atoms with Gasteiger partial charge in [-0.3, -0.25) is 0 Å². The van der Waals surface area contributed by atoms with Gasteiger partial charge in [-0.05, 0) is 69.0 Å². The van der Waals surface area contributed by atoms with Gasteiger partial charge in [-0.2, -0.15) is 0 Å². The topological polar surface area (TPSA) is 4.93 Å². The number of aromatic nitrogens is 1. The first kappa shape index (κ1) is 16.0. The molecule has 0 fully saturated rings. The lowest BCUT2D eigenvalue weighted by molar-refractivity contribution is 0.827. The van der Waals surface area contributed by atoms with Crippen LogP contribution >= 0.6 is 0 Å². The highest BCUT2D eigenvalue weighted by Gasteiger charge is 2.20. The first-order valence-electron chi connectivity index (χ1n) is 9.12. The van der Waals surface area contributed by atoms with Gasteiger partial charge in [-0.25, -0.2) is 0 Å². The summed E-state index contributed by atoms with van der Waals surface area (Å²) in [5.74, 6) is 0. The van der Waals surface area contributed by atoms with Crippen LogP contribution in [0.4, 0.5) is 0 Å². The van der Waals surface area contributed by atoms with Crippen LogP contribution in [0.1, 0.15) is 29.2 Å². The molecule has 1 nitrogen and oxygen atoms in total. The molecule has 0 saturated carbocycles. The molecule has 3 aromatic carbocycles. The van der Waals surface area contributed by atoms with Crippen molar-refractivity contribution in [1.82, 2.24) is 4.57 Å². The fraction of sp³-hybridized carbons (Fsp3) is 0.250. The highest BCUT2D eigenvalue weighted by Crippen LogP contribution is 2.42. The van der Waals surface area contributed by atoms with Crippen LogP contribution in [0.25, 0.3) is 32.9 Å². The van der Waals surface area contributed by atoms with Gasteiger partial charge in [0.25, 0.3) is 0 Å². The van der Waals surface area contributed by atoms with Crippen molar-refractivity contribution in [2.24, 2.45) is 0 Å². The molecule has 4 rings (SSSR count). The molecule has 0 atom stereocenters. The Hall–Kier alpha value is -2.54. The number of benzene rings is 3. The summed E-state index contributed by atoms with van der Waals surface area (Å²) in [6.07, 6.45) is 0. The van der Waals surface area contributed by atoms with Crippen molar-refractivity contribution in [2.75, 3.05) is 0 Å². The Balaban J connectivity index is 2.32. The third-order valence-electron chi connectivity index (χ3n) is 5.71. The Kier molecular flexibility index (Phi) is 3.68. The summed E-state index contributed by atoms with van der Waals surface area (Å²) in [5, 5.41) is 2.80. The van der Waals surface area contributed by atoms with Gasteiger partial charge in [0.2, 0.25) is 0 Å². The molecular formula is C24H25N. The first-order valence-corrected chi connectivity index (χ1v) is 9.12. The summed E-state index contributed by atoms with van der Waals surface area (Å²) >= 11 is 0. The molecule has 1 heteroatoms. The van der Waals surface area contributed by atoms with E-state index in [2.05, 4.69) is 87.7 Å². The molecule has 0 aliphatic carbocycles. The fourth-order valence-corrected chi connectivity index (χ4v) is 4.23. The molecule has 0 spiro atoms. The van der Waals surface area contributed by atoms with Crippen LogP contribution in [0, 0.1) is 27.7 Å². The lowest BCUT2D eigenvalue weighted by Gasteiger charge is -2.17. The van der Waals surface area contributed by atoms with Crippen LogP contribution in [0.2, 0.25) is 0 Å². The van der Waals surface area contributed by atoms with Crippen molar-refractivity contribution < 1.29 is 0 Å². The highest BCUT2D eigenvalue weighted by molar-refractivity contribution is 6.15. The second kappa shape index (κ2) is 5.77. The van der Waals surface area contributed by atoms with E-state index in [0.29, 0.717) is 0 Å². The second-order valence-corrected chi connectivity index (χ2v) is 7.10. The SMILES string of the molecule is CCn1c2ccc(C)cc2c2c(C)c(C)c(C)c(-c3ccccc3)c21. The van der Waals surface area contributed by atoms with Crippen LogP contribution in [-0.4, -0.2) is 4.57 Å². The zero-order chi connectivity index (χ0) is 17.7. The van der Waals surface area contributed by atoms with Gasteiger partial charge >= 0.3 is 0 Å². The Morgan fingerprint density at radius 1 is 0.800 bits per heavy atom. The van der Waals surface area contributed by atoms with Crippen LogP contribution in [0.3, 0.4) is 0 Å². The molecule has 1 heterocycles. The maximum atomic E-state index is 2.49. The minimum Gasteiger partial charge on any atom is -0.340 e. The molecule has 0 N–H and O–H groups in total. The van der Waals surface area contributed by atoms with E-state index in [0.717, 1.165) is 6.54 Å². The number of hydrogen-bond donors (Lipinski definition) is 0. The standard InChI is InChI=1S/C24H25N/c1-6-25-21-13-12-15(2)14-20(21)23-18(5)16(3)17(4)22(24(23)25)19-10-8-7-9-11-19/h7-14H,6H2,1-5H3. The van der Waals surface area contributed by atoms with E-state index < -0.39 is 0 Å². The maximum absolute atomic E-state index is 2.49. The van der Waals surface area contributed by atoms with Crippen molar-refractivity contribution >= 4 is 21.8 Å². The molecule has 0 saturated heterocycles. The summed E-state index contributed by atoms with van der Waals surface area (Å²) in [6, 6.07) is 17.7. The normalized spacial score (nSPS) is 11.6. The molecule has 4 aromatic rings. The van der Waals surface area contributed by atoms with Gasteiger partial charge in [0.1, 0.15) is 0 Å². The van der Waals surface area contributed by atoms with Gasteiger partial charge in [0.15, 0.2) is 0 Å². The van der Waals surface area contributed by atoms with Crippen molar-refractivity contribution in [2.45, 2.75) is 41.2 Å². The number of rotatable bonds is 2. The van der Waals surface area contributed by atoms with Gasteiger partial charge in [-0.15, -0.1) is 0 Å². The zero-order valence-electron chi connectivity index (χ0n) is 15.8. The Bertz CT molecular complexity index is 1100. The summed E-state index contributed by atoms with van der Waals surface area (Å²) in [7, 11) is 0. The molecule has 1 aromatic heterocycles. The number of fused-ring (bicyclic) bond motifs is 3. The smallest absolute Gasteiger partial charge is 0.0576 e. The second-order valence-electron chi connectivity index (χ2n) is 7.10. The number of aryl methyl sites for hydroxylation is 3. The number of hydrogen-bond acceptors (Lipinski definition) is 0. The first-order chi connectivity index (χ1) is 12.0. The van der Waals surface area contributed by atoms with E-state index >= 15 is 0 Å². The Morgan fingerprint density at radius 3 is 2.20 bits per heavy atom. The Labute approximate surface area is 149 Å². The van der Waals surface area contributed by atoms with Crippen molar-refractivity contribution in [3.8, 4) is 11.1 Å². The van der Waals surface area contributed by atoms with Crippen LogP contribution in [0.15, 0.2) is 48.5 Å². The maximum Gasteiger partial charge on any atom is 0.0576 e. The average Bonchev–Trinajstić information content (AvgIpc) is 2.94. The molecule has 126 valence electrons. The molecule has 0 bridgehead atoms. The summed E-state index contributed by atoms with van der Waals surface area (Å²) in [4.78, 5) is 0. The van der Waals surface area contributed by atoms with E-state index in [-0.39, 0.29) is 0 Å². The Morgan fingerprint density at radius 2 is 1.52 bits per heavy atom. The van der Waals surface area contributed by atoms with Crippen molar-refractivity contribution in [3.63, 3.8) is 0 Å². The third-order valence-corrected chi connectivity index (χ3v) is 5.71. The van der Waals surface area contributed by atoms with Gasteiger partial charge < -0.3 is 4.57 Å². The minimum atomic E-state index is 0.977. The van der Waals surface area contributed by atoms with E-state index in [1.54, 1.807) is 0 Å². The fourth-order valence-electron chi connectivity index (χ4n) is 4.23. The van der Waals surface area contributed by atoms with Crippen LogP contribution in [0.5, 0.6) is 0 Å². The monoisotopic (exact) mass is 327 g/mol. The van der Waals surface area contributed by atoms with Gasteiger partial charge in [0.05, 0.1) is 5.52 Å². The molecule has 25 heavy (non-hydrogen) atoms. The lowest BCUT2D eigenvalue weighted by atomic mass is 9.90. The van der Waals surface area contributed by atoms with Gasteiger partial charge in [0, 0.05) is 28.4 Å².